The van der Waals surface area contributed by atoms with Crippen molar-refractivity contribution in [3.8, 4) is 11.5 Å². The highest BCUT2D eigenvalue weighted by atomic mass is 32.2. The number of ether oxygens (including phenoxy) is 1. The molecule has 0 spiro atoms. The molecule has 27 heavy (non-hydrogen) atoms. The number of rotatable bonds is 5. The first-order chi connectivity index (χ1) is 12.9. The lowest BCUT2D eigenvalue weighted by atomic mass is 10.1. The number of hydrogen-bond acceptors (Lipinski definition) is 4. The lowest BCUT2D eigenvalue weighted by Gasteiger charge is -2.16. The lowest BCUT2D eigenvalue weighted by molar-refractivity contribution is 0.252. The number of carbonyl (C=O) groups is 1. The number of urea groups is 1. The molecule has 0 radical (unpaired) electrons. The summed E-state index contributed by atoms with van der Waals surface area (Å²) in [5, 5.41) is 4.91. The van der Waals surface area contributed by atoms with Crippen molar-refractivity contribution in [3.05, 3.63) is 53.6 Å². The van der Waals surface area contributed by atoms with Gasteiger partial charge in [-0.3, -0.25) is 0 Å². The molecule has 2 amide bonds. The topological polar surface area (TPSA) is 84.5 Å². The average molecular weight is 388 g/mol. The van der Waals surface area contributed by atoms with E-state index in [1.807, 2.05) is 38.1 Å². The molecule has 144 valence electrons. The number of para-hydroxylation sites is 3. The Bertz CT molecular complexity index is 920. The minimum Gasteiger partial charge on any atom is -0.455 e. The van der Waals surface area contributed by atoms with Gasteiger partial charge in [-0.15, -0.1) is 0 Å². The van der Waals surface area contributed by atoms with Gasteiger partial charge in [0.05, 0.1) is 16.7 Å². The van der Waals surface area contributed by atoms with E-state index in [1.54, 1.807) is 18.2 Å². The van der Waals surface area contributed by atoms with Crippen LogP contribution in [0.2, 0.25) is 0 Å². The Labute approximate surface area is 159 Å². The maximum absolute atomic E-state index is 12.2. The summed E-state index contributed by atoms with van der Waals surface area (Å²) in [6, 6.07) is 12.6. The molecule has 3 rings (SSSR count). The zero-order chi connectivity index (χ0) is 19.4. The Hall–Kier alpha value is -2.54. The number of anilines is 1. The molecule has 2 N–H and O–H groups in total. The van der Waals surface area contributed by atoms with E-state index in [4.69, 9.17) is 4.74 Å². The second-order valence-electron chi connectivity index (χ2n) is 6.79. The summed E-state index contributed by atoms with van der Waals surface area (Å²) in [6.45, 7) is 4.05. The molecule has 6 nitrogen and oxygen atoms in total. The van der Waals surface area contributed by atoms with Gasteiger partial charge in [-0.05, 0) is 49.9 Å². The third-order valence-corrected chi connectivity index (χ3v) is 6.98. The van der Waals surface area contributed by atoms with Crippen LogP contribution in [0.25, 0.3) is 0 Å². The molecular weight excluding hydrogens is 364 g/mol. The third-order valence-electron chi connectivity index (χ3n) is 4.71. The third kappa shape index (κ3) is 4.60. The van der Waals surface area contributed by atoms with Crippen LogP contribution in [-0.4, -0.2) is 32.0 Å². The van der Waals surface area contributed by atoms with Crippen LogP contribution in [0.5, 0.6) is 11.5 Å². The van der Waals surface area contributed by atoms with Gasteiger partial charge in [0.15, 0.2) is 15.6 Å². The van der Waals surface area contributed by atoms with Gasteiger partial charge in [0.25, 0.3) is 0 Å². The molecule has 1 unspecified atom stereocenters. The standard InChI is InChI=1S/C20H24N2O4S/c1-14-7-5-8-15(2)19(14)26-18-11-4-3-10-17(18)22-20(23)21-13-16-9-6-12-27(16,24)25/h3-5,7-8,10-11,16H,6,9,12-13H2,1-2H3,(H2,21,22,23). The molecule has 1 aliphatic rings. The summed E-state index contributed by atoms with van der Waals surface area (Å²) < 4.78 is 29.8. The van der Waals surface area contributed by atoms with Gasteiger partial charge in [0.1, 0.15) is 5.75 Å². The largest absolute Gasteiger partial charge is 0.455 e. The van der Waals surface area contributed by atoms with Crippen molar-refractivity contribution in [2.45, 2.75) is 31.9 Å². The van der Waals surface area contributed by atoms with Crippen LogP contribution in [0.15, 0.2) is 42.5 Å². The summed E-state index contributed by atoms with van der Waals surface area (Å²) in [6.07, 6.45) is 1.25. The Morgan fingerprint density at radius 1 is 1.11 bits per heavy atom. The second-order valence-corrected chi connectivity index (χ2v) is 9.19. The maximum Gasteiger partial charge on any atom is 0.319 e. The van der Waals surface area contributed by atoms with E-state index in [9.17, 15) is 13.2 Å². The number of benzene rings is 2. The van der Waals surface area contributed by atoms with Gasteiger partial charge >= 0.3 is 6.03 Å². The molecule has 0 aromatic heterocycles. The quantitative estimate of drug-likeness (QED) is 0.816. The van der Waals surface area contributed by atoms with Crippen LogP contribution >= 0.6 is 0 Å². The van der Waals surface area contributed by atoms with E-state index in [-0.39, 0.29) is 12.3 Å². The average Bonchev–Trinajstić information content (AvgIpc) is 2.96. The molecule has 1 fully saturated rings. The second kappa shape index (κ2) is 8.00. The van der Waals surface area contributed by atoms with Crippen molar-refractivity contribution >= 4 is 21.6 Å². The van der Waals surface area contributed by atoms with Crippen LogP contribution in [-0.2, 0) is 9.84 Å². The maximum atomic E-state index is 12.2. The number of nitrogens with one attached hydrogen (secondary N) is 2. The monoisotopic (exact) mass is 388 g/mol. The molecule has 0 bridgehead atoms. The molecule has 2 aromatic carbocycles. The summed E-state index contributed by atoms with van der Waals surface area (Å²) in [5.41, 5.74) is 2.52. The smallest absolute Gasteiger partial charge is 0.319 e. The Kier molecular flexibility index (Phi) is 5.70. The number of carbonyl (C=O) groups excluding carboxylic acids is 1. The van der Waals surface area contributed by atoms with Gasteiger partial charge in [0, 0.05) is 6.54 Å². The van der Waals surface area contributed by atoms with E-state index in [2.05, 4.69) is 10.6 Å². The Balaban J connectivity index is 1.68. The fraction of sp³-hybridized carbons (Fsp3) is 0.350. The van der Waals surface area contributed by atoms with Crippen LogP contribution in [0.4, 0.5) is 10.5 Å². The van der Waals surface area contributed by atoms with Gasteiger partial charge < -0.3 is 15.4 Å². The SMILES string of the molecule is Cc1cccc(C)c1Oc1ccccc1NC(=O)NCC1CCCS1(=O)=O. The van der Waals surface area contributed by atoms with Crippen LogP contribution in [0.1, 0.15) is 24.0 Å². The number of sulfone groups is 1. The zero-order valence-corrected chi connectivity index (χ0v) is 16.3. The fourth-order valence-electron chi connectivity index (χ4n) is 3.19. The van der Waals surface area contributed by atoms with Crippen molar-refractivity contribution in [2.24, 2.45) is 0 Å². The minimum absolute atomic E-state index is 0.119. The minimum atomic E-state index is -3.08. The molecule has 1 saturated heterocycles. The highest BCUT2D eigenvalue weighted by Gasteiger charge is 2.31. The summed E-state index contributed by atoms with van der Waals surface area (Å²) in [4.78, 5) is 12.2. The van der Waals surface area contributed by atoms with E-state index >= 15 is 0 Å². The first kappa shape index (κ1) is 19.2. The van der Waals surface area contributed by atoms with Crippen LogP contribution in [0.3, 0.4) is 0 Å². The Morgan fingerprint density at radius 2 is 1.81 bits per heavy atom. The van der Waals surface area contributed by atoms with E-state index in [1.165, 1.54) is 0 Å². The molecular formula is C20H24N2O4S. The van der Waals surface area contributed by atoms with Gasteiger partial charge in [-0.2, -0.15) is 0 Å². The molecule has 1 heterocycles. The lowest BCUT2D eigenvalue weighted by Crippen LogP contribution is -2.37. The number of aryl methyl sites for hydroxylation is 2. The van der Waals surface area contributed by atoms with Crippen LogP contribution < -0.4 is 15.4 Å². The number of amides is 2. The molecule has 0 aliphatic carbocycles. The van der Waals surface area contributed by atoms with Crippen molar-refractivity contribution in [2.75, 3.05) is 17.6 Å². The highest BCUT2D eigenvalue weighted by Crippen LogP contribution is 2.33. The van der Waals surface area contributed by atoms with E-state index < -0.39 is 21.1 Å². The summed E-state index contributed by atoms with van der Waals surface area (Å²) in [5.74, 6) is 1.48. The molecule has 7 heteroatoms. The van der Waals surface area contributed by atoms with Gasteiger partial charge in [-0.25, -0.2) is 13.2 Å². The predicted molar refractivity (Wildman–Crippen MR) is 106 cm³/mol. The number of hydrogen-bond donors (Lipinski definition) is 2. The Morgan fingerprint density at radius 3 is 2.48 bits per heavy atom. The van der Waals surface area contributed by atoms with Crippen molar-refractivity contribution in [1.29, 1.82) is 0 Å². The highest BCUT2D eigenvalue weighted by molar-refractivity contribution is 7.92. The van der Waals surface area contributed by atoms with E-state index in [0.29, 0.717) is 24.3 Å². The molecule has 2 aromatic rings. The van der Waals surface area contributed by atoms with E-state index in [0.717, 1.165) is 16.9 Å². The normalized spacial score (nSPS) is 18.1. The first-order valence-corrected chi connectivity index (χ1v) is 10.7. The first-order valence-electron chi connectivity index (χ1n) is 8.96. The zero-order valence-electron chi connectivity index (χ0n) is 15.5. The summed E-state index contributed by atoms with van der Waals surface area (Å²) >= 11 is 0. The van der Waals surface area contributed by atoms with Gasteiger partial charge in [-0.1, -0.05) is 30.3 Å². The molecule has 0 saturated carbocycles. The fourth-order valence-corrected chi connectivity index (χ4v) is 4.95. The van der Waals surface area contributed by atoms with Crippen molar-refractivity contribution in [1.82, 2.24) is 5.32 Å². The van der Waals surface area contributed by atoms with Crippen molar-refractivity contribution < 1.29 is 17.9 Å². The van der Waals surface area contributed by atoms with Crippen LogP contribution in [0, 0.1) is 13.8 Å². The predicted octanol–water partition coefficient (Wildman–Crippen LogP) is 3.79. The van der Waals surface area contributed by atoms with Crippen molar-refractivity contribution in [3.63, 3.8) is 0 Å². The molecule has 1 atom stereocenters. The molecule has 1 aliphatic heterocycles. The summed E-state index contributed by atoms with van der Waals surface area (Å²) in [7, 11) is -3.08. The van der Waals surface area contributed by atoms with Gasteiger partial charge in [0.2, 0.25) is 0 Å².